The van der Waals surface area contributed by atoms with Crippen molar-refractivity contribution >= 4 is 78.9 Å². The van der Waals surface area contributed by atoms with Crippen molar-refractivity contribution in [1.29, 1.82) is 0 Å². The number of amides is 2. The highest BCUT2D eigenvalue weighted by atomic mass is 32.2. The molecule has 0 bridgehead atoms. The third-order valence-electron chi connectivity index (χ3n) is 9.49. The minimum Gasteiger partial charge on any atom is -0.463 e. The number of esters is 4. The highest BCUT2D eigenvalue weighted by molar-refractivity contribution is 7.90. The molecule has 0 aliphatic carbocycles. The molecule has 1 aromatic carbocycles. The van der Waals surface area contributed by atoms with Crippen molar-refractivity contribution in [2.75, 3.05) is 13.7 Å². The molecule has 300 valence electrons. The van der Waals surface area contributed by atoms with E-state index in [-0.39, 0.29) is 43.8 Å². The predicted molar refractivity (Wildman–Crippen MR) is 200 cm³/mol. The van der Waals surface area contributed by atoms with E-state index in [1.54, 1.807) is 42.5 Å². The molecule has 5 atom stereocenters. The predicted octanol–water partition coefficient (Wildman–Crippen LogP) is 2.79. The summed E-state index contributed by atoms with van der Waals surface area (Å²) in [6, 6.07) is 14.0. The zero-order valence-electron chi connectivity index (χ0n) is 31.6. The number of aromatic nitrogens is 4. The molecule has 7 rings (SSSR count). The van der Waals surface area contributed by atoms with Crippen molar-refractivity contribution in [3.05, 3.63) is 90.5 Å². The van der Waals surface area contributed by atoms with Gasteiger partial charge in [0.2, 0.25) is 0 Å². The van der Waals surface area contributed by atoms with E-state index < -0.39 is 83.0 Å². The van der Waals surface area contributed by atoms with Gasteiger partial charge in [-0.2, -0.15) is 0 Å². The Bertz CT molecular complexity index is 2670. The second kappa shape index (κ2) is 15.3. The lowest BCUT2D eigenvalue weighted by atomic mass is 9.96. The molecule has 0 unspecified atom stereocenters. The van der Waals surface area contributed by atoms with Crippen LogP contribution in [0.3, 0.4) is 0 Å². The number of ether oxygens (including phenoxy) is 5. The Balaban J connectivity index is 1.47. The first-order chi connectivity index (χ1) is 27.6. The highest BCUT2D eigenvalue weighted by Crippen LogP contribution is 2.43. The minimum atomic E-state index is -4.25. The fraction of sp³-hybridized carbons (Fsp3) is 0.282. The van der Waals surface area contributed by atoms with Crippen LogP contribution in [0.15, 0.2) is 84.3 Å². The van der Waals surface area contributed by atoms with Crippen LogP contribution in [0.25, 0.3) is 33.2 Å². The number of hydrogen-bond acceptors (Lipinski definition) is 15. The Morgan fingerprint density at radius 3 is 1.81 bits per heavy atom. The zero-order valence-corrected chi connectivity index (χ0v) is 32.4. The lowest BCUT2D eigenvalue weighted by Crippen LogP contribution is -2.60. The van der Waals surface area contributed by atoms with E-state index in [9.17, 15) is 37.2 Å². The van der Waals surface area contributed by atoms with Crippen LogP contribution in [-0.2, 0) is 62.5 Å². The van der Waals surface area contributed by atoms with Gasteiger partial charge in [0, 0.05) is 81.4 Å². The molecule has 4 aromatic heterocycles. The Kier molecular flexibility index (Phi) is 10.4. The van der Waals surface area contributed by atoms with Gasteiger partial charge in [0.05, 0.1) is 16.0 Å². The van der Waals surface area contributed by atoms with E-state index in [2.05, 4.69) is 9.97 Å². The summed E-state index contributed by atoms with van der Waals surface area (Å²) in [5.41, 5.74) is 0.106. The molecule has 1 saturated heterocycles. The number of imide groups is 1. The smallest absolute Gasteiger partial charge is 0.303 e. The van der Waals surface area contributed by atoms with Gasteiger partial charge in [-0.15, -0.1) is 0 Å². The van der Waals surface area contributed by atoms with Crippen molar-refractivity contribution in [1.82, 2.24) is 23.4 Å². The minimum absolute atomic E-state index is 0.00426. The van der Waals surface area contributed by atoms with Gasteiger partial charge in [-0.05, 0) is 36.4 Å². The summed E-state index contributed by atoms with van der Waals surface area (Å²) >= 11 is 0. The van der Waals surface area contributed by atoms with Gasteiger partial charge in [-0.3, -0.25) is 33.7 Å². The van der Waals surface area contributed by atoms with Crippen molar-refractivity contribution in [2.24, 2.45) is 0 Å². The van der Waals surface area contributed by atoms with Gasteiger partial charge in [0.15, 0.2) is 30.2 Å². The summed E-state index contributed by atoms with van der Waals surface area (Å²) in [5, 5.41) is 0.561. The number of nitrogens with zero attached hydrogens (tertiary/aromatic N) is 5. The summed E-state index contributed by atoms with van der Waals surface area (Å²) in [7, 11) is -2.97. The lowest BCUT2D eigenvalue weighted by molar-refractivity contribution is -0.267. The van der Waals surface area contributed by atoms with Crippen LogP contribution < -0.4 is 0 Å². The van der Waals surface area contributed by atoms with E-state index in [0.717, 1.165) is 36.6 Å². The zero-order chi connectivity index (χ0) is 41.6. The Labute approximate surface area is 329 Å². The number of pyridine rings is 2. The molecular weight excluding hydrogens is 779 g/mol. The first-order valence-electron chi connectivity index (χ1n) is 17.7. The Morgan fingerprint density at radius 1 is 0.690 bits per heavy atom. The van der Waals surface area contributed by atoms with E-state index in [1.807, 2.05) is 0 Å². The number of hydrogen-bond donors (Lipinski definition) is 0. The molecule has 58 heavy (non-hydrogen) atoms. The molecular formula is C39H35N5O13S. The third-order valence-corrected chi connectivity index (χ3v) is 11.2. The van der Waals surface area contributed by atoms with Gasteiger partial charge >= 0.3 is 23.9 Å². The number of benzene rings is 1. The maximum atomic E-state index is 14.2. The number of rotatable bonds is 10. The fourth-order valence-corrected chi connectivity index (χ4v) is 8.51. The van der Waals surface area contributed by atoms with Crippen LogP contribution >= 0.6 is 0 Å². The maximum absolute atomic E-state index is 14.2. The molecule has 1 fully saturated rings. The van der Waals surface area contributed by atoms with Gasteiger partial charge in [-0.25, -0.2) is 22.4 Å². The normalized spacial score (nSPS) is 21.1. The van der Waals surface area contributed by atoms with Crippen LogP contribution in [0.2, 0.25) is 0 Å². The summed E-state index contributed by atoms with van der Waals surface area (Å²) in [6.07, 6.45) is -1.74. The number of likely N-dealkylation sites (N-methyl/N-ethyl adjacent to an activating group) is 1. The van der Waals surface area contributed by atoms with E-state index in [0.29, 0.717) is 5.39 Å². The number of carbonyl (C=O) groups is 6. The SMILES string of the molecule is CC(=O)OC[C@H]1O[C@@H](n2cc(C3=C(c4cn(S(=O)(=O)c5ccccc5)c5ncccc45)C(=O)N(C)C3=O)c3cccnc32)[C@H](OC(C)=O)[C@@H](OC(C)=O)[C@@H]1OC(C)=O. The van der Waals surface area contributed by atoms with Crippen molar-refractivity contribution < 1.29 is 60.9 Å². The van der Waals surface area contributed by atoms with Crippen molar-refractivity contribution in [2.45, 2.75) is 63.2 Å². The topological polar surface area (TPSA) is 222 Å². The first kappa shape index (κ1) is 39.5. The van der Waals surface area contributed by atoms with Crippen LogP contribution in [0.1, 0.15) is 45.0 Å². The second-order valence-corrected chi connectivity index (χ2v) is 15.2. The number of fused-ring (bicyclic) bond motifs is 2. The average Bonchev–Trinajstić information content (AvgIpc) is 3.82. The molecule has 0 radical (unpaired) electrons. The Morgan fingerprint density at radius 2 is 1.22 bits per heavy atom. The molecule has 5 aromatic rings. The van der Waals surface area contributed by atoms with Gasteiger partial charge in [-0.1, -0.05) is 18.2 Å². The van der Waals surface area contributed by atoms with Crippen LogP contribution in [0, 0.1) is 0 Å². The van der Waals surface area contributed by atoms with Crippen LogP contribution in [-0.4, -0.2) is 106 Å². The second-order valence-electron chi connectivity index (χ2n) is 13.4. The molecule has 18 nitrogen and oxygen atoms in total. The monoisotopic (exact) mass is 813 g/mol. The summed E-state index contributed by atoms with van der Waals surface area (Å²) in [5.74, 6) is -4.66. The lowest BCUT2D eigenvalue weighted by Gasteiger charge is -2.44. The van der Waals surface area contributed by atoms with Crippen LogP contribution in [0.5, 0.6) is 0 Å². The highest BCUT2D eigenvalue weighted by Gasteiger charge is 2.53. The first-order valence-corrected chi connectivity index (χ1v) is 19.1. The van der Waals surface area contributed by atoms with Crippen molar-refractivity contribution in [3.8, 4) is 0 Å². The molecule has 19 heteroatoms. The van der Waals surface area contributed by atoms with E-state index in [1.165, 1.54) is 48.5 Å². The quantitative estimate of drug-likeness (QED) is 0.112. The molecule has 2 aliphatic heterocycles. The molecule has 0 saturated carbocycles. The molecule has 0 N–H and O–H groups in total. The largest absolute Gasteiger partial charge is 0.463 e. The van der Waals surface area contributed by atoms with Gasteiger partial charge in [0.1, 0.15) is 18.4 Å². The standard InChI is InChI=1S/C39H35N5O13S/c1-20(45)53-19-29-32(54-21(2)46)33(55-22(3)47)34(56-23(4)48)39(57-29)43-17-27(25-13-9-15-40-35(25)43)30-31(38(50)42(5)37(30)49)28-18-44(36-26(28)14-10-16-41-36)58(51,52)24-11-7-6-8-12-24/h6-18,29,32-34,39H,19H2,1-5H3/t29-,32-,33+,34-,39-/m1/s1. The number of carbonyl (C=O) groups excluding carboxylic acids is 6. The third kappa shape index (κ3) is 6.98. The molecule has 0 spiro atoms. The van der Waals surface area contributed by atoms with E-state index >= 15 is 0 Å². The summed E-state index contributed by atoms with van der Waals surface area (Å²) in [4.78, 5) is 87.5. The Hall–Kier alpha value is -6.73. The summed E-state index contributed by atoms with van der Waals surface area (Å²) in [6.45, 7) is 3.95. The van der Waals surface area contributed by atoms with Gasteiger partial charge in [0.25, 0.3) is 21.8 Å². The molecule has 2 amide bonds. The fourth-order valence-electron chi connectivity index (χ4n) is 7.17. The molecule has 6 heterocycles. The maximum Gasteiger partial charge on any atom is 0.303 e. The molecule has 2 aliphatic rings. The average molecular weight is 814 g/mol. The van der Waals surface area contributed by atoms with Crippen molar-refractivity contribution in [3.63, 3.8) is 0 Å². The van der Waals surface area contributed by atoms with Gasteiger partial charge < -0.3 is 28.3 Å². The van der Waals surface area contributed by atoms with E-state index in [4.69, 9.17) is 23.7 Å². The van der Waals surface area contributed by atoms with Crippen LogP contribution in [0.4, 0.5) is 0 Å². The summed E-state index contributed by atoms with van der Waals surface area (Å²) < 4.78 is 58.8.